The summed E-state index contributed by atoms with van der Waals surface area (Å²) in [5.74, 6) is -0.00116. The molecule has 1 aliphatic rings. The van der Waals surface area contributed by atoms with Gasteiger partial charge in [0, 0.05) is 31.0 Å². The van der Waals surface area contributed by atoms with Gasteiger partial charge in [-0.25, -0.2) is 8.42 Å². The van der Waals surface area contributed by atoms with E-state index in [0.717, 1.165) is 23.0 Å². The summed E-state index contributed by atoms with van der Waals surface area (Å²) in [6, 6.07) is 9.99. The molecule has 0 aliphatic carbocycles. The van der Waals surface area contributed by atoms with Gasteiger partial charge in [-0.15, -0.1) is 0 Å². The second-order valence-corrected chi connectivity index (χ2v) is 9.20. The van der Waals surface area contributed by atoms with Crippen LogP contribution < -0.4 is 10.9 Å². The maximum Gasteiger partial charge on any atom is 0.251 e. The van der Waals surface area contributed by atoms with Crippen molar-refractivity contribution in [3.05, 3.63) is 58.5 Å². The molecule has 0 spiro atoms. The van der Waals surface area contributed by atoms with Crippen LogP contribution in [0.3, 0.4) is 0 Å². The maximum absolute atomic E-state index is 12.7. The molecule has 0 bridgehead atoms. The number of carbonyl (C=O) groups excluding carboxylic acids is 1. The number of aromatic nitrogens is 1. The van der Waals surface area contributed by atoms with E-state index in [1.54, 1.807) is 0 Å². The highest BCUT2D eigenvalue weighted by atomic mass is 32.2. The highest BCUT2D eigenvalue weighted by Crippen LogP contribution is 2.20. The summed E-state index contributed by atoms with van der Waals surface area (Å²) in [6.45, 7) is 4.88. The number of rotatable bonds is 6. The number of carbonyl (C=O) groups is 1. The second kappa shape index (κ2) is 8.28. The van der Waals surface area contributed by atoms with Gasteiger partial charge in [-0.2, -0.15) is 4.31 Å². The molecule has 28 heavy (non-hydrogen) atoms. The first-order chi connectivity index (χ1) is 13.3. The van der Waals surface area contributed by atoms with Gasteiger partial charge >= 0.3 is 0 Å². The first-order valence-corrected chi connectivity index (χ1v) is 10.8. The Morgan fingerprint density at radius 2 is 1.71 bits per heavy atom. The third-order valence-corrected chi connectivity index (χ3v) is 6.72. The van der Waals surface area contributed by atoms with E-state index in [-0.39, 0.29) is 11.4 Å². The molecule has 1 fully saturated rings. The van der Waals surface area contributed by atoms with Gasteiger partial charge in [0.05, 0.1) is 4.90 Å². The number of nitrogens with one attached hydrogen (secondary N) is 1. The van der Waals surface area contributed by atoms with Crippen LogP contribution in [0.25, 0.3) is 0 Å². The number of amides is 1. The molecule has 2 aromatic rings. The van der Waals surface area contributed by atoms with Crippen molar-refractivity contribution in [3.8, 4) is 0 Å². The fourth-order valence-corrected chi connectivity index (χ4v) is 4.71. The SMILES string of the molecule is CC(C)c1ccc(NC(=O)Cn2cc(S(=O)(=O)N3CCCC3)ccc2=O)cc1. The molecule has 1 amide bonds. The molecule has 8 heteroatoms. The topological polar surface area (TPSA) is 88.5 Å². The van der Waals surface area contributed by atoms with Crippen LogP contribution in [0, 0.1) is 0 Å². The minimum atomic E-state index is -3.64. The lowest BCUT2D eigenvalue weighted by Gasteiger charge is -2.16. The van der Waals surface area contributed by atoms with E-state index in [4.69, 9.17) is 0 Å². The van der Waals surface area contributed by atoms with Crippen LogP contribution in [0.15, 0.2) is 52.3 Å². The van der Waals surface area contributed by atoms with Crippen molar-refractivity contribution in [2.45, 2.75) is 44.0 Å². The second-order valence-electron chi connectivity index (χ2n) is 7.27. The van der Waals surface area contributed by atoms with Crippen LogP contribution in [-0.2, 0) is 21.4 Å². The third kappa shape index (κ3) is 4.51. The highest BCUT2D eigenvalue weighted by Gasteiger charge is 2.27. The van der Waals surface area contributed by atoms with Crippen LogP contribution in [0.2, 0.25) is 0 Å². The zero-order chi connectivity index (χ0) is 20.3. The number of benzene rings is 1. The van der Waals surface area contributed by atoms with Crippen molar-refractivity contribution in [3.63, 3.8) is 0 Å². The van der Waals surface area contributed by atoms with Crippen molar-refractivity contribution in [2.75, 3.05) is 18.4 Å². The number of nitrogens with zero attached hydrogens (tertiary/aromatic N) is 2. The monoisotopic (exact) mass is 403 g/mol. The van der Waals surface area contributed by atoms with Gasteiger partial charge in [0.25, 0.3) is 5.56 Å². The predicted octanol–water partition coefficient (Wildman–Crippen LogP) is 2.39. The number of pyridine rings is 1. The maximum atomic E-state index is 12.7. The Bertz CT molecular complexity index is 1000. The number of anilines is 1. The van der Waals surface area contributed by atoms with E-state index in [9.17, 15) is 18.0 Å². The zero-order valence-electron chi connectivity index (χ0n) is 16.1. The zero-order valence-corrected chi connectivity index (χ0v) is 16.9. The predicted molar refractivity (Wildman–Crippen MR) is 108 cm³/mol. The fourth-order valence-electron chi connectivity index (χ4n) is 3.17. The quantitative estimate of drug-likeness (QED) is 0.802. The van der Waals surface area contributed by atoms with Gasteiger partial charge in [0.1, 0.15) is 6.54 Å². The minimum Gasteiger partial charge on any atom is -0.325 e. The third-order valence-electron chi connectivity index (χ3n) is 4.83. The molecule has 0 atom stereocenters. The Morgan fingerprint density at radius 3 is 2.32 bits per heavy atom. The summed E-state index contributed by atoms with van der Waals surface area (Å²) in [5, 5.41) is 2.74. The first-order valence-electron chi connectivity index (χ1n) is 9.38. The van der Waals surface area contributed by atoms with Gasteiger partial charge < -0.3 is 9.88 Å². The van der Waals surface area contributed by atoms with Crippen LogP contribution in [0.1, 0.15) is 38.2 Å². The summed E-state index contributed by atoms with van der Waals surface area (Å²) >= 11 is 0. The summed E-state index contributed by atoms with van der Waals surface area (Å²) in [5.41, 5.74) is 1.36. The lowest BCUT2D eigenvalue weighted by atomic mass is 10.0. The molecule has 1 aliphatic heterocycles. The summed E-state index contributed by atoms with van der Waals surface area (Å²) in [6.07, 6.45) is 2.91. The number of hydrogen-bond acceptors (Lipinski definition) is 4. The standard InChI is InChI=1S/C20H25N3O4S/c1-15(2)16-5-7-17(8-6-16)21-19(24)14-22-13-18(9-10-20(22)25)28(26,27)23-11-3-4-12-23/h5-10,13,15H,3-4,11-12,14H2,1-2H3,(H,21,24). The van der Waals surface area contributed by atoms with Crippen LogP contribution >= 0.6 is 0 Å². The summed E-state index contributed by atoms with van der Waals surface area (Å²) < 4.78 is 27.9. The summed E-state index contributed by atoms with van der Waals surface area (Å²) in [7, 11) is -3.64. The van der Waals surface area contributed by atoms with E-state index in [1.807, 2.05) is 24.3 Å². The fraction of sp³-hybridized carbons (Fsp3) is 0.400. The van der Waals surface area contributed by atoms with Gasteiger partial charge in [0.15, 0.2) is 0 Å². The van der Waals surface area contributed by atoms with Gasteiger partial charge in [-0.3, -0.25) is 9.59 Å². The smallest absolute Gasteiger partial charge is 0.251 e. The van der Waals surface area contributed by atoms with Crippen molar-refractivity contribution in [1.29, 1.82) is 0 Å². The molecular formula is C20H25N3O4S. The Kier molecular flexibility index (Phi) is 6.00. The number of hydrogen-bond donors (Lipinski definition) is 1. The Morgan fingerprint density at radius 1 is 1.07 bits per heavy atom. The Hall–Kier alpha value is -2.45. The molecule has 150 valence electrons. The molecular weight excluding hydrogens is 378 g/mol. The molecule has 7 nitrogen and oxygen atoms in total. The molecule has 0 radical (unpaired) electrons. The number of sulfonamides is 1. The van der Waals surface area contributed by atoms with Crippen molar-refractivity contribution in [1.82, 2.24) is 8.87 Å². The van der Waals surface area contributed by atoms with Crippen molar-refractivity contribution >= 4 is 21.6 Å². The van der Waals surface area contributed by atoms with Crippen molar-refractivity contribution < 1.29 is 13.2 Å². The summed E-state index contributed by atoms with van der Waals surface area (Å²) in [4.78, 5) is 24.5. The molecule has 0 saturated carbocycles. The minimum absolute atomic E-state index is 0.0306. The van der Waals surface area contributed by atoms with Gasteiger partial charge in [0.2, 0.25) is 15.9 Å². The lowest BCUT2D eigenvalue weighted by molar-refractivity contribution is -0.116. The highest BCUT2D eigenvalue weighted by molar-refractivity contribution is 7.89. The average molecular weight is 404 g/mol. The molecule has 3 rings (SSSR count). The Balaban J connectivity index is 1.74. The van der Waals surface area contributed by atoms with Crippen molar-refractivity contribution in [2.24, 2.45) is 0 Å². The van der Waals surface area contributed by atoms with E-state index in [1.165, 1.54) is 22.6 Å². The van der Waals surface area contributed by atoms with E-state index < -0.39 is 21.5 Å². The molecule has 2 heterocycles. The average Bonchev–Trinajstić information content (AvgIpc) is 3.19. The molecule has 1 N–H and O–H groups in total. The van der Waals surface area contributed by atoms with Crippen LogP contribution in [0.5, 0.6) is 0 Å². The molecule has 1 saturated heterocycles. The van der Waals surface area contributed by atoms with Gasteiger partial charge in [-0.05, 0) is 42.5 Å². The van der Waals surface area contributed by atoms with Crippen LogP contribution in [-0.4, -0.2) is 36.3 Å². The first kappa shape index (κ1) is 20.3. The van der Waals surface area contributed by atoms with Gasteiger partial charge in [-0.1, -0.05) is 26.0 Å². The molecule has 1 aromatic heterocycles. The van der Waals surface area contributed by atoms with Crippen LogP contribution in [0.4, 0.5) is 5.69 Å². The molecule has 1 aromatic carbocycles. The lowest BCUT2D eigenvalue weighted by Crippen LogP contribution is -2.31. The molecule has 0 unspecified atom stereocenters. The van der Waals surface area contributed by atoms with E-state index in [0.29, 0.717) is 24.7 Å². The normalized spacial score (nSPS) is 15.1. The Labute approximate surface area is 165 Å². The van der Waals surface area contributed by atoms with E-state index in [2.05, 4.69) is 19.2 Å². The van der Waals surface area contributed by atoms with E-state index >= 15 is 0 Å². The largest absolute Gasteiger partial charge is 0.325 e.